The van der Waals surface area contributed by atoms with Gasteiger partial charge in [-0.1, -0.05) is 48.0 Å². The minimum Gasteiger partial charge on any atom is -0.341 e. The Morgan fingerprint density at radius 2 is 1.85 bits per heavy atom. The number of anilines is 1. The summed E-state index contributed by atoms with van der Waals surface area (Å²) in [4.78, 5) is 25.6. The van der Waals surface area contributed by atoms with Gasteiger partial charge in [0.25, 0.3) is 0 Å². The largest absolute Gasteiger partial charge is 0.341 e. The second-order valence-electron chi connectivity index (χ2n) is 6.80. The SMILES string of the molecule is Cc1ccc(NC(=O)[C@H]2CCn3c(C(=O)c4ccccc4)ccc32)c(Cl)c1. The van der Waals surface area contributed by atoms with Crippen LogP contribution in [0.3, 0.4) is 0 Å². The fourth-order valence-electron chi connectivity index (χ4n) is 3.59. The third-order valence-electron chi connectivity index (χ3n) is 4.98. The zero-order valence-electron chi connectivity index (χ0n) is 14.9. The third-order valence-corrected chi connectivity index (χ3v) is 5.29. The summed E-state index contributed by atoms with van der Waals surface area (Å²) in [6.07, 6.45) is 0.667. The molecule has 5 heteroatoms. The van der Waals surface area contributed by atoms with Crippen molar-refractivity contribution in [2.45, 2.75) is 25.8 Å². The first-order valence-corrected chi connectivity index (χ1v) is 9.28. The Kier molecular flexibility index (Phi) is 4.58. The van der Waals surface area contributed by atoms with Crippen molar-refractivity contribution in [2.24, 2.45) is 0 Å². The summed E-state index contributed by atoms with van der Waals surface area (Å²) in [5.74, 6) is -0.416. The van der Waals surface area contributed by atoms with E-state index in [1.54, 1.807) is 12.1 Å². The van der Waals surface area contributed by atoms with Crippen molar-refractivity contribution in [1.82, 2.24) is 4.57 Å². The molecule has 1 N–H and O–H groups in total. The molecule has 0 radical (unpaired) electrons. The molecule has 4 nitrogen and oxygen atoms in total. The van der Waals surface area contributed by atoms with Gasteiger partial charge in [-0.2, -0.15) is 0 Å². The number of nitrogens with zero attached hydrogens (tertiary/aromatic N) is 1. The van der Waals surface area contributed by atoms with Crippen LogP contribution in [0, 0.1) is 6.92 Å². The van der Waals surface area contributed by atoms with Crippen molar-refractivity contribution in [3.05, 3.63) is 88.2 Å². The maximum absolute atomic E-state index is 12.8. The average Bonchev–Trinajstić information content (AvgIpc) is 3.26. The molecular weight excluding hydrogens is 360 g/mol. The molecule has 0 saturated heterocycles. The summed E-state index contributed by atoms with van der Waals surface area (Å²) in [5.41, 5.74) is 3.79. The molecular formula is C22H19ClN2O2. The van der Waals surface area contributed by atoms with Gasteiger partial charge < -0.3 is 9.88 Å². The van der Waals surface area contributed by atoms with Crippen LogP contribution < -0.4 is 5.32 Å². The Bertz CT molecular complexity index is 1020. The molecule has 1 aliphatic heterocycles. The van der Waals surface area contributed by atoms with Gasteiger partial charge in [-0.15, -0.1) is 0 Å². The van der Waals surface area contributed by atoms with Crippen molar-refractivity contribution in [3.8, 4) is 0 Å². The number of hydrogen-bond acceptors (Lipinski definition) is 2. The van der Waals surface area contributed by atoms with Crippen LogP contribution in [0.1, 0.15) is 39.6 Å². The highest BCUT2D eigenvalue weighted by molar-refractivity contribution is 6.33. The zero-order chi connectivity index (χ0) is 19.0. The van der Waals surface area contributed by atoms with E-state index in [1.165, 1.54) is 0 Å². The van der Waals surface area contributed by atoms with Crippen LogP contribution in [0.15, 0.2) is 60.7 Å². The summed E-state index contributed by atoms with van der Waals surface area (Å²) < 4.78 is 1.95. The van der Waals surface area contributed by atoms with Gasteiger partial charge in [-0.25, -0.2) is 0 Å². The van der Waals surface area contributed by atoms with Gasteiger partial charge in [-0.05, 0) is 43.2 Å². The number of nitrogens with one attached hydrogen (secondary N) is 1. The van der Waals surface area contributed by atoms with Crippen molar-refractivity contribution in [1.29, 1.82) is 0 Å². The summed E-state index contributed by atoms with van der Waals surface area (Å²) in [7, 11) is 0. The summed E-state index contributed by atoms with van der Waals surface area (Å²) in [6.45, 7) is 2.60. The van der Waals surface area contributed by atoms with E-state index in [1.807, 2.05) is 60.0 Å². The molecule has 136 valence electrons. The van der Waals surface area contributed by atoms with E-state index in [-0.39, 0.29) is 17.6 Å². The lowest BCUT2D eigenvalue weighted by atomic mass is 10.0. The first-order valence-electron chi connectivity index (χ1n) is 8.91. The number of carbonyl (C=O) groups excluding carboxylic acids is 2. The van der Waals surface area contributed by atoms with Gasteiger partial charge in [0.05, 0.1) is 22.3 Å². The predicted octanol–water partition coefficient (Wildman–Crippen LogP) is 4.81. The lowest BCUT2D eigenvalue weighted by molar-refractivity contribution is -0.117. The van der Waals surface area contributed by atoms with Crippen LogP contribution in [0.2, 0.25) is 5.02 Å². The van der Waals surface area contributed by atoms with Gasteiger partial charge in [0.15, 0.2) is 0 Å². The minimum atomic E-state index is -0.292. The van der Waals surface area contributed by atoms with Crippen molar-refractivity contribution >= 4 is 29.0 Å². The Morgan fingerprint density at radius 1 is 1.07 bits per heavy atom. The van der Waals surface area contributed by atoms with Crippen LogP contribution in [0.5, 0.6) is 0 Å². The van der Waals surface area contributed by atoms with Crippen molar-refractivity contribution in [2.75, 3.05) is 5.32 Å². The fourth-order valence-corrected chi connectivity index (χ4v) is 3.87. The molecule has 1 amide bonds. The van der Waals surface area contributed by atoms with Crippen LogP contribution in [0.25, 0.3) is 0 Å². The Labute approximate surface area is 162 Å². The average molecular weight is 379 g/mol. The lowest BCUT2D eigenvalue weighted by Gasteiger charge is -2.12. The molecule has 3 aromatic rings. The summed E-state index contributed by atoms with van der Waals surface area (Å²) >= 11 is 6.23. The normalized spacial score (nSPS) is 15.4. The molecule has 1 atom stereocenters. The van der Waals surface area contributed by atoms with Gasteiger partial charge >= 0.3 is 0 Å². The van der Waals surface area contributed by atoms with E-state index in [0.717, 1.165) is 11.3 Å². The Morgan fingerprint density at radius 3 is 2.59 bits per heavy atom. The predicted molar refractivity (Wildman–Crippen MR) is 106 cm³/mol. The molecule has 0 aliphatic carbocycles. The summed E-state index contributed by atoms with van der Waals surface area (Å²) in [5, 5.41) is 3.45. The maximum atomic E-state index is 12.8. The topological polar surface area (TPSA) is 51.1 Å². The van der Waals surface area contributed by atoms with E-state index in [0.29, 0.717) is 34.9 Å². The van der Waals surface area contributed by atoms with Gasteiger partial charge in [0, 0.05) is 17.8 Å². The van der Waals surface area contributed by atoms with Crippen LogP contribution >= 0.6 is 11.6 Å². The zero-order valence-corrected chi connectivity index (χ0v) is 15.7. The maximum Gasteiger partial charge on any atom is 0.233 e. The number of hydrogen-bond donors (Lipinski definition) is 1. The molecule has 0 fully saturated rings. The van der Waals surface area contributed by atoms with E-state index in [4.69, 9.17) is 11.6 Å². The number of aromatic nitrogens is 1. The lowest BCUT2D eigenvalue weighted by Crippen LogP contribution is -2.19. The van der Waals surface area contributed by atoms with Crippen molar-refractivity contribution in [3.63, 3.8) is 0 Å². The third kappa shape index (κ3) is 3.28. The Hall–Kier alpha value is -2.85. The molecule has 1 aromatic heterocycles. The highest BCUT2D eigenvalue weighted by Gasteiger charge is 2.32. The van der Waals surface area contributed by atoms with Crippen LogP contribution in [-0.2, 0) is 11.3 Å². The second kappa shape index (κ2) is 7.05. The van der Waals surface area contributed by atoms with E-state index >= 15 is 0 Å². The number of benzene rings is 2. The van der Waals surface area contributed by atoms with Crippen molar-refractivity contribution < 1.29 is 9.59 Å². The molecule has 1 aliphatic rings. The monoisotopic (exact) mass is 378 g/mol. The van der Waals surface area contributed by atoms with Crippen LogP contribution in [0.4, 0.5) is 5.69 Å². The molecule has 2 aromatic carbocycles. The number of aryl methyl sites for hydroxylation is 1. The number of halogens is 1. The molecule has 27 heavy (non-hydrogen) atoms. The van der Waals surface area contributed by atoms with E-state index < -0.39 is 0 Å². The molecule has 0 unspecified atom stereocenters. The van der Waals surface area contributed by atoms with Gasteiger partial charge in [-0.3, -0.25) is 9.59 Å². The number of fused-ring (bicyclic) bond motifs is 1. The molecule has 0 saturated carbocycles. The van der Waals surface area contributed by atoms with Crippen LogP contribution in [-0.4, -0.2) is 16.3 Å². The first kappa shape index (κ1) is 17.6. The highest BCUT2D eigenvalue weighted by atomic mass is 35.5. The van der Waals surface area contributed by atoms with Gasteiger partial charge in [0.2, 0.25) is 11.7 Å². The highest BCUT2D eigenvalue weighted by Crippen LogP contribution is 2.33. The molecule has 0 spiro atoms. The first-order chi connectivity index (χ1) is 13.0. The molecule has 0 bridgehead atoms. The minimum absolute atomic E-state index is 0.0236. The molecule has 2 heterocycles. The Balaban J connectivity index is 1.57. The standard InChI is InChI=1S/C22H19ClN2O2/c1-14-7-8-18(17(23)13-14)24-22(27)16-11-12-25-19(16)9-10-20(25)21(26)15-5-3-2-4-6-15/h2-10,13,16H,11-12H2,1H3,(H,24,27)/t16-/m0/s1. The number of amides is 1. The van der Waals surface area contributed by atoms with Gasteiger partial charge in [0.1, 0.15) is 0 Å². The summed E-state index contributed by atoms with van der Waals surface area (Å²) in [6, 6.07) is 18.4. The van der Waals surface area contributed by atoms with E-state index in [2.05, 4.69) is 5.32 Å². The van der Waals surface area contributed by atoms with E-state index in [9.17, 15) is 9.59 Å². The fraction of sp³-hybridized carbons (Fsp3) is 0.182. The quantitative estimate of drug-likeness (QED) is 0.662. The number of rotatable bonds is 4. The number of carbonyl (C=O) groups is 2. The smallest absolute Gasteiger partial charge is 0.233 e. The number of ketones is 1. The second-order valence-corrected chi connectivity index (χ2v) is 7.21. The molecule has 4 rings (SSSR count).